The molecule has 2 nitrogen and oxygen atoms in total. The van der Waals surface area contributed by atoms with Crippen LogP contribution in [0.15, 0.2) is 41.3 Å². The van der Waals surface area contributed by atoms with E-state index in [1.807, 2.05) is 0 Å². The van der Waals surface area contributed by atoms with Crippen molar-refractivity contribution >= 4 is 23.4 Å². The highest BCUT2D eigenvalue weighted by Crippen LogP contribution is 2.38. The first-order valence-corrected chi connectivity index (χ1v) is 7.74. The van der Waals surface area contributed by atoms with Gasteiger partial charge in [0.1, 0.15) is 5.82 Å². The van der Waals surface area contributed by atoms with Gasteiger partial charge in [-0.2, -0.15) is 0 Å². The minimum absolute atomic E-state index is 0.0245. The lowest BCUT2D eigenvalue weighted by Crippen LogP contribution is -2.25. The Hall–Kier alpha value is -1.81. The molecule has 108 valence electrons. The van der Waals surface area contributed by atoms with Crippen LogP contribution >= 0.6 is 11.8 Å². The zero-order chi connectivity index (χ0) is 15.0. The van der Waals surface area contributed by atoms with Gasteiger partial charge in [-0.3, -0.25) is 4.79 Å². The molecule has 4 heteroatoms. The van der Waals surface area contributed by atoms with E-state index < -0.39 is 0 Å². The second-order valence-electron chi connectivity index (χ2n) is 5.37. The van der Waals surface area contributed by atoms with Gasteiger partial charge in [-0.1, -0.05) is 17.7 Å². The van der Waals surface area contributed by atoms with Gasteiger partial charge in [-0.25, -0.2) is 4.39 Å². The molecule has 2 aromatic carbocycles. The third kappa shape index (κ3) is 2.95. The molecule has 0 saturated carbocycles. The SMILES string of the molecule is Cc1ccc2c(c1)S[C@@H](C(=O)Nc1ccc(F)cc1C)C2. The van der Waals surface area contributed by atoms with Crippen molar-refractivity contribution in [1.29, 1.82) is 0 Å². The summed E-state index contributed by atoms with van der Waals surface area (Å²) < 4.78 is 13.1. The highest BCUT2D eigenvalue weighted by Gasteiger charge is 2.28. The first-order valence-electron chi connectivity index (χ1n) is 6.86. The lowest BCUT2D eigenvalue weighted by atomic mass is 10.1. The van der Waals surface area contributed by atoms with Crippen LogP contribution in [0, 0.1) is 19.7 Å². The number of carbonyl (C=O) groups excluding carboxylic acids is 1. The quantitative estimate of drug-likeness (QED) is 0.905. The molecule has 1 aliphatic rings. The number of hydrogen-bond donors (Lipinski definition) is 1. The molecule has 1 aliphatic heterocycles. The van der Waals surface area contributed by atoms with Gasteiger partial charge in [0.2, 0.25) is 5.91 Å². The van der Waals surface area contributed by atoms with Gasteiger partial charge in [0.15, 0.2) is 0 Å². The summed E-state index contributed by atoms with van der Waals surface area (Å²) in [4.78, 5) is 13.6. The Morgan fingerprint density at radius 1 is 1.24 bits per heavy atom. The normalized spacial score (nSPS) is 16.6. The van der Waals surface area contributed by atoms with E-state index in [0.29, 0.717) is 5.69 Å². The van der Waals surface area contributed by atoms with E-state index in [-0.39, 0.29) is 17.0 Å². The van der Waals surface area contributed by atoms with Crippen molar-refractivity contribution in [3.05, 3.63) is 58.9 Å². The number of nitrogens with one attached hydrogen (secondary N) is 1. The predicted octanol–water partition coefficient (Wildman–Crippen LogP) is 4.10. The molecule has 0 spiro atoms. The molecule has 3 rings (SSSR count). The van der Waals surface area contributed by atoms with Crippen molar-refractivity contribution in [3.8, 4) is 0 Å². The van der Waals surface area contributed by atoms with Crippen molar-refractivity contribution in [3.63, 3.8) is 0 Å². The summed E-state index contributed by atoms with van der Waals surface area (Å²) in [5, 5.41) is 2.78. The number of fused-ring (bicyclic) bond motifs is 1. The van der Waals surface area contributed by atoms with Gasteiger partial charge in [0, 0.05) is 10.6 Å². The molecule has 21 heavy (non-hydrogen) atoms. The summed E-state index contributed by atoms with van der Waals surface area (Å²) in [6.45, 7) is 3.84. The summed E-state index contributed by atoms with van der Waals surface area (Å²) in [5.41, 5.74) is 3.84. The molecule has 0 fully saturated rings. The maximum Gasteiger partial charge on any atom is 0.238 e. The molecule has 0 aromatic heterocycles. The average Bonchev–Trinajstić information content (AvgIpc) is 2.85. The summed E-state index contributed by atoms with van der Waals surface area (Å²) >= 11 is 1.60. The Balaban J connectivity index is 1.73. The van der Waals surface area contributed by atoms with Crippen LogP contribution in [-0.4, -0.2) is 11.2 Å². The highest BCUT2D eigenvalue weighted by atomic mass is 32.2. The van der Waals surface area contributed by atoms with Crippen LogP contribution in [0.1, 0.15) is 16.7 Å². The van der Waals surface area contributed by atoms with E-state index in [1.54, 1.807) is 24.8 Å². The van der Waals surface area contributed by atoms with E-state index >= 15 is 0 Å². The molecule has 1 heterocycles. The monoisotopic (exact) mass is 301 g/mol. The zero-order valence-electron chi connectivity index (χ0n) is 11.9. The Bertz CT molecular complexity index is 714. The van der Waals surface area contributed by atoms with E-state index in [4.69, 9.17) is 0 Å². The van der Waals surface area contributed by atoms with Crippen LogP contribution in [0.5, 0.6) is 0 Å². The van der Waals surface area contributed by atoms with Crippen molar-refractivity contribution in [2.45, 2.75) is 30.4 Å². The van der Waals surface area contributed by atoms with Crippen LogP contribution < -0.4 is 5.32 Å². The van der Waals surface area contributed by atoms with Gasteiger partial charge in [0.05, 0.1) is 5.25 Å². The molecule has 0 saturated heterocycles. The summed E-state index contributed by atoms with van der Waals surface area (Å²) in [6, 6.07) is 10.7. The van der Waals surface area contributed by atoms with Crippen LogP contribution in [0.4, 0.5) is 10.1 Å². The lowest BCUT2D eigenvalue weighted by molar-refractivity contribution is -0.115. The molecular formula is C17H16FNOS. The first kappa shape index (κ1) is 14.1. The highest BCUT2D eigenvalue weighted by molar-refractivity contribution is 8.01. The standard InChI is InChI=1S/C17H16FNOS/c1-10-3-4-12-9-16(21-15(12)7-10)17(20)19-14-6-5-13(18)8-11(14)2/h3-8,16H,9H2,1-2H3,(H,19,20)/t16-/m1/s1. The Morgan fingerprint density at radius 2 is 2.05 bits per heavy atom. The van der Waals surface area contributed by atoms with E-state index in [9.17, 15) is 9.18 Å². The fourth-order valence-electron chi connectivity index (χ4n) is 2.46. The fraction of sp³-hybridized carbons (Fsp3) is 0.235. The predicted molar refractivity (Wildman–Crippen MR) is 84.3 cm³/mol. The number of thioether (sulfide) groups is 1. The van der Waals surface area contributed by atoms with Gasteiger partial charge in [-0.15, -0.1) is 11.8 Å². The molecule has 0 unspecified atom stereocenters. The zero-order valence-corrected chi connectivity index (χ0v) is 12.8. The third-order valence-electron chi connectivity index (χ3n) is 3.64. The number of hydrogen-bond acceptors (Lipinski definition) is 2. The van der Waals surface area contributed by atoms with Gasteiger partial charge >= 0.3 is 0 Å². The largest absolute Gasteiger partial charge is 0.325 e. The molecule has 1 atom stereocenters. The van der Waals surface area contributed by atoms with Crippen LogP contribution in [0.25, 0.3) is 0 Å². The van der Waals surface area contributed by atoms with Gasteiger partial charge in [-0.05, 0) is 55.7 Å². The smallest absolute Gasteiger partial charge is 0.238 e. The summed E-state index contributed by atoms with van der Waals surface area (Å²) in [6.07, 6.45) is 0.742. The molecule has 1 amide bonds. The van der Waals surface area contributed by atoms with Crippen molar-refractivity contribution in [2.75, 3.05) is 5.32 Å². The van der Waals surface area contributed by atoms with Crippen molar-refractivity contribution in [2.24, 2.45) is 0 Å². The van der Waals surface area contributed by atoms with Crippen LogP contribution in [0.2, 0.25) is 0 Å². The molecule has 1 N–H and O–H groups in total. The second-order valence-corrected chi connectivity index (χ2v) is 6.61. The lowest BCUT2D eigenvalue weighted by Gasteiger charge is -2.12. The number of benzene rings is 2. The maximum atomic E-state index is 13.1. The van der Waals surface area contributed by atoms with Crippen LogP contribution in [0.3, 0.4) is 0 Å². The first-order chi connectivity index (χ1) is 10.0. The van der Waals surface area contributed by atoms with Gasteiger partial charge < -0.3 is 5.32 Å². The van der Waals surface area contributed by atoms with Crippen molar-refractivity contribution in [1.82, 2.24) is 0 Å². The van der Waals surface area contributed by atoms with E-state index in [0.717, 1.165) is 12.0 Å². The molecule has 0 bridgehead atoms. The molecule has 0 aliphatic carbocycles. The number of rotatable bonds is 2. The Morgan fingerprint density at radius 3 is 2.81 bits per heavy atom. The topological polar surface area (TPSA) is 29.1 Å². The summed E-state index contributed by atoms with van der Waals surface area (Å²) in [7, 11) is 0. The summed E-state index contributed by atoms with van der Waals surface area (Å²) in [5.74, 6) is -0.313. The van der Waals surface area contributed by atoms with E-state index in [2.05, 4.69) is 30.4 Å². The second kappa shape index (κ2) is 5.53. The maximum absolute atomic E-state index is 13.1. The molecule has 2 aromatic rings. The Kier molecular flexibility index (Phi) is 3.72. The number of amides is 1. The van der Waals surface area contributed by atoms with Crippen LogP contribution in [-0.2, 0) is 11.2 Å². The third-order valence-corrected chi connectivity index (χ3v) is 4.94. The minimum atomic E-state index is -0.288. The van der Waals surface area contributed by atoms with Gasteiger partial charge in [0.25, 0.3) is 0 Å². The van der Waals surface area contributed by atoms with E-state index in [1.165, 1.54) is 28.2 Å². The minimum Gasteiger partial charge on any atom is -0.325 e. The molecule has 0 radical (unpaired) electrons. The average molecular weight is 301 g/mol. The van der Waals surface area contributed by atoms with Crippen molar-refractivity contribution < 1.29 is 9.18 Å². The number of halogens is 1. The number of aryl methyl sites for hydroxylation is 2. The number of carbonyl (C=O) groups is 1. The number of anilines is 1. The Labute approximate surface area is 127 Å². The fourth-order valence-corrected chi connectivity index (χ4v) is 3.75. The molecular weight excluding hydrogens is 285 g/mol.